The summed E-state index contributed by atoms with van der Waals surface area (Å²) < 4.78 is 0. The molecule has 4 nitrogen and oxygen atoms in total. The predicted molar refractivity (Wildman–Crippen MR) is 47.5 cm³/mol. The van der Waals surface area contributed by atoms with E-state index in [1.165, 1.54) is 0 Å². The van der Waals surface area contributed by atoms with Crippen molar-refractivity contribution in [1.29, 1.82) is 0 Å². The molecule has 2 N–H and O–H groups in total. The summed E-state index contributed by atoms with van der Waals surface area (Å²) in [6, 6.07) is 0. The van der Waals surface area contributed by atoms with Crippen molar-refractivity contribution >= 4 is 0 Å². The molecule has 1 heterocycles. The third-order valence-electron chi connectivity index (χ3n) is 1.86. The second kappa shape index (κ2) is 3.23. The minimum absolute atomic E-state index is 0.121. The number of aromatic nitrogens is 3. The van der Waals surface area contributed by atoms with Crippen LogP contribution in [0.1, 0.15) is 19.5 Å². The molecule has 0 atom stereocenters. The van der Waals surface area contributed by atoms with Crippen LogP contribution < -0.4 is 5.73 Å². The molecule has 0 aliphatic heterocycles. The van der Waals surface area contributed by atoms with Crippen LogP contribution in [0.5, 0.6) is 0 Å². The van der Waals surface area contributed by atoms with E-state index in [1.54, 1.807) is 11.0 Å². The molecule has 0 radical (unpaired) electrons. The van der Waals surface area contributed by atoms with Crippen molar-refractivity contribution < 1.29 is 0 Å². The molecule has 68 valence electrons. The van der Waals surface area contributed by atoms with Crippen LogP contribution in [0, 0.1) is 5.41 Å². The minimum atomic E-state index is 0.121. The van der Waals surface area contributed by atoms with Gasteiger partial charge in [-0.05, 0) is 18.4 Å². The Morgan fingerprint density at radius 2 is 2.25 bits per heavy atom. The second-order valence-corrected chi connectivity index (χ2v) is 3.87. The van der Waals surface area contributed by atoms with Gasteiger partial charge in [0.1, 0.15) is 0 Å². The summed E-state index contributed by atoms with van der Waals surface area (Å²) in [5, 5.41) is 8.19. The molecule has 0 unspecified atom stereocenters. The van der Waals surface area contributed by atoms with Gasteiger partial charge in [0.05, 0.1) is 11.9 Å². The Hall–Kier alpha value is -0.900. The molecule has 1 aromatic rings. The van der Waals surface area contributed by atoms with Crippen molar-refractivity contribution in [3.8, 4) is 0 Å². The Kier molecular flexibility index (Phi) is 2.47. The van der Waals surface area contributed by atoms with E-state index in [4.69, 9.17) is 5.73 Å². The molecule has 1 aromatic heterocycles. The highest BCUT2D eigenvalue weighted by Gasteiger charge is 2.17. The van der Waals surface area contributed by atoms with Gasteiger partial charge >= 0.3 is 0 Å². The zero-order chi connectivity index (χ0) is 9.19. The van der Waals surface area contributed by atoms with Crippen molar-refractivity contribution in [2.75, 3.05) is 6.54 Å². The summed E-state index contributed by atoms with van der Waals surface area (Å²) in [5.41, 5.74) is 6.73. The average Bonchev–Trinajstić information content (AvgIpc) is 2.35. The number of nitrogens with zero attached hydrogens (tertiary/aromatic N) is 3. The molecule has 0 saturated carbocycles. The van der Waals surface area contributed by atoms with Gasteiger partial charge in [-0.25, -0.2) is 0 Å². The highest BCUT2D eigenvalue weighted by atomic mass is 15.4. The Balaban J connectivity index is 2.63. The first-order chi connectivity index (χ1) is 5.53. The van der Waals surface area contributed by atoms with Crippen LogP contribution in [0.3, 0.4) is 0 Å². The maximum absolute atomic E-state index is 5.61. The van der Waals surface area contributed by atoms with E-state index in [2.05, 4.69) is 24.0 Å². The summed E-state index contributed by atoms with van der Waals surface area (Å²) in [5.74, 6) is 0. The summed E-state index contributed by atoms with van der Waals surface area (Å²) in [7, 11) is 1.82. The number of aryl methyl sites for hydroxylation is 1. The van der Waals surface area contributed by atoms with E-state index in [0.29, 0.717) is 6.54 Å². The zero-order valence-electron chi connectivity index (χ0n) is 7.91. The largest absolute Gasteiger partial charge is 0.330 e. The molecule has 0 bridgehead atoms. The molecule has 4 heteroatoms. The van der Waals surface area contributed by atoms with E-state index in [0.717, 1.165) is 12.1 Å². The summed E-state index contributed by atoms with van der Waals surface area (Å²) >= 11 is 0. The summed E-state index contributed by atoms with van der Waals surface area (Å²) in [6.07, 6.45) is 2.68. The van der Waals surface area contributed by atoms with Crippen LogP contribution in [-0.4, -0.2) is 21.5 Å². The Morgan fingerprint density at radius 1 is 1.58 bits per heavy atom. The van der Waals surface area contributed by atoms with Crippen LogP contribution in [0.4, 0.5) is 0 Å². The smallest absolute Gasteiger partial charge is 0.0832 e. The van der Waals surface area contributed by atoms with Crippen LogP contribution in [-0.2, 0) is 13.5 Å². The Labute approximate surface area is 72.8 Å². The van der Waals surface area contributed by atoms with Crippen molar-refractivity contribution in [3.63, 3.8) is 0 Å². The SMILES string of the molecule is Cn1ncc(CC(C)(C)CN)n1. The third kappa shape index (κ3) is 2.30. The molecule has 0 amide bonds. The first-order valence-electron chi connectivity index (χ1n) is 4.09. The third-order valence-corrected chi connectivity index (χ3v) is 1.86. The fraction of sp³-hybridized carbons (Fsp3) is 0.750. The molecular formula is C8H16N4. The molecule has 1 rings (SSSR count). The first-order valence-corrected chi connectivity index (χ1v) is 4.09. The van der Waals surface area contributed by atoms with Crippen molar-refractivity contribution in [3.05, 3.63) is 11.9 Å². The van der Waals surface area contributed by atoms with Crippen LogP contribution in [0.2, 0.25) is 0 Å². The number of hydrogen-bond donors (Lipinski definition) is 1. The standard InChI is InChI=1S/C8H16N4/c1-8(2,6-9)4-7-5-10-12(3)11-7/h5H,4,6,9H2,1-3H3. The van der Waals surface area contributed by atoms with Gasteiger partial charge in [-0.2, -0.15) is 15.0 Å². The van der Waals surface area contributed by atoms with E-state index in [-0.39, 0.29) is 5.41 Å². The lowest BCUT2D eigenvalue weighted by molar-refractivity contribution is 0.371. The Morgan fingerprint density at radius 3 is 2.67 bits per heavy atom. The monoisotopic (exact) mass is 168 g/mol. The van der Waals surface area contributed by atoms with Gasteiger partial charge in [-0.1, -0.05) is 13.8 Å². The molecule has 0 saturated heterocycles. The van der Waals surface area contributed by atoms with E-state index in [1.807, 2.05) is 7.05 Å². The van der Waals surface area contributed by atoms with Gasteiger partial charge in [-0.3, -0.25) is 0 Å². The maximum atomic E-state index is 5.61. The average molecular weight is 168 g/mol. The minimum Gasteiger partial charge on any atom is -0.330 e. The predicted octanol–water partition coefficient (Wildman–Crippen LogP) is 0.342. The fourth-order valence-corrected chi connectivity index (χ4v) is 1.03. The lowest BCUT2D eigenvalue weighted by Gasteiger charge is -2.20. The molecule has 0 aliphatic rings. The number of hydrogen-bond acceptors (Lipinski definition) is 3. The molecule has 0 spiro atoms. The lowest BCUT2D eigenvalue weighted by Crippen LogP contribution is -2.26. The maximum Gasteiger partial charge on any atom is 0.0832 e. The number of nitrogens with two attached hydrogens (primary N) is 1. The van der Waals surface area contributed by atoms with Crippen molar-refractivity contribution in [2.24, 2.45) is 18.2 Å². The zero-order valence-corrected chi connectivity index (χ0v) is 7.91. The van der Waals surface area contributed by atoms with Crippen LogP contribution in [0.25, 0.3) is 0 Å². The van der Waals surface area contributed by atoms with Gasteiger partial charge in [0.2, 0.25) is 0 Å². The van der Waals surface area contributed by atoms with Crippen molar-refractivity contribution in [1.82, 2.24) is 15.0 Å². The highest BCUT2D eigenvalue weighted by molar-refractivity contribution is 4.96. The van der Waals surface area contributed by atoms with Crippen LogP contribution in [0.15, 0.2) is 6.20 Å². The molecule has 0 fully saturated rings. The second-order valence-electron chi connectivity index (χ2n) is 3.87. The number of rotatable bonds is 3. The molecule has 12 heavy (non-hydrogen) atoms. The molecule has 0 aromatic carbocycles. The van der Waals surface area contributed by atoms with Crippen LogP contribution >= 0.6 is 0 Å². The lowest BCUT2D eigenvalue weighted by atomic mass is 9.88. The topological polar surface area (TPSA) is 56.7 Å². The first kappa shape index (κ1) is 9.19. The van der Waals surface area contributed by atoms with Gasteiger partial charge in [0.15, 0.2) is 0 Å². The summed E-state index contributed by atoms with van der Waals surface area (Å²) in [4.78, 5) is 1.57. The van der Waals surface area contributed by atoms with Crippen molar-refractivity contribution in [2.45, 2.75) is 20.3 Å². The fourth-order valence-electron chi connectivity index (χ4n) is 1.03. The van der Waals surface area contributed by atoms with E-state index >= 15 is 0 Å². The van der Waals surface area contributed by atoms with Gasteiger partial charge in [0.25, 0.3) is 0 Å². The quantitative estimate of drug-likeness (QED) is 0.708. The van der Waals surface area contributed by atoms with E-state index < -0.39 is 0 Å². The Bertz CT molecular complexity index is 251. The molecular weight excluding hydrogens is 152 g/mol. The highest BCUT2D eigenvalue weighted by Crippen LogP contribution is 2.17. The van der Waals surface area contributed by atoms with Gasteiger partial charge in [-0.15, -0.1) is 0 Å². The van der Waals surface area contributed by atoms with Gasteiger partial charge < -0.3 is 5.73 Å². The summed E-state index contributed by atoms with van der Waals surface area (Å²) in [6.45, 7) is 4.92. The van der Waals surface area contributed by atoms with E-state index in [9.17, 15) is 0 Å². The normalized spacial score (nSPS) is 12.0. The molecule has 0 aliphatic carbocycles. The van der Waals surface area contributed by atoms with Gasteiger partial charge in [0, 0.05) is 7.05 Å².